The van der Waals surface area contributed by atoms with Gasteiger partial charge in [-0.1, -0.05) is 31.9 Å². The van der Waals surface area contributed by atoms with Crippen molar-refractivity contribution in [3.63, 3.8) is 0 Å². The Morgan fingerprint density at radius 3 is 2.55 bits per heavy atom. The lowest BCUT2D eigenvalue weighted by Crippen LogP contribution is -2.46. The Hall–Kier alpha value is -3.34. The summed E-state index contributed by atoms with van der Waals surface area (Å²) in [7, 11) is 1.33. The van der Waals surface area contributed by atoms with Crippen LogP contribution < -0.4 is 10.1 Å². The number of hydrogen-bond acceptors (Lipinski definition) is 7. The second kappa shape index (κ2) is 12.9. The van der Waals surface area contributed by atoms with Gasteiger partial charge in [-0.3, -0.25) is 4.79 Å². The van der Waals surface area contributed by atoms with Gasteiger partial charge in [0.1, 0.15) is 6.10 Å². The molecule has 1 aliphatic heterocycles. The van der Waals surface area contributed by atoms with Crippen molar-refractivity contribution >= 4 is 11.9 Å². The topological polar surface area (TPSA) is 107 Å². The lowest BCUT2D eigenvalue weighted by Gasteiger charge is -2.31. The first kappa shape index (κ1) is 29.2. The third-order valence-corrected chi connectivity index (χ3v) is 6.71. The summed E-state index contributed by atoms with van der Waals surface area (Å²) >= 11 is 0. The number of amides is 1. The zero-order chi connectivity index (χ0) is 27.9. The van der Waals surface area contributed by atoms with Gasteiger partial charge in [0.05, 0.1) is 25.9 Å². The van der Waals surface area contributed by atoms with E-state index < -0.39 is 41.5 Å². The molecular weight excluding hydrogens is 505 g/mol. The Kier molecular flexibility index (Phi) is 9.96. The van der Waals surface area contributed by atoms with Crippen molar-refractivity contribution < 1.29 is 42.1 Å². The molecule has 8 nitrogen and oxygen atoms in total. The van der Waals surface area contributed by atoms with Gasteiger partial charge in [-0.25, -0.2) is 9.78 Å². The molecule has 0 saturated carbocycles. The number of aromatic hydroxyl groups is 1. The number of ether oxygens (including phenoxy) is 3. The number of benzene rings is 1. The summed E-state index contributed by atoms with van der Waals surface area (Å²) in [6.07, 6.45) is -0.693. The molecule has 0 bridgehead atoms. The van der Waals surface area contributed by atoms with E-state index in [-0.39, 0.29) is 36.5 Å². The summed E-state index contributed by atoms with van der Waals surface area (Å²) in [6, 6.07) is 5.26. The van der Waals surface area contributed by atoms with E-state index >= 15 is 0 Å². The van der Waals surface area contributed by atoms with Gasteiger partial charge in [0.15, 0.2) is 23.2 Å². The van der Waals surface area contributed by atoms with Crippen LogP contribution in [0.15, 0.2) is 36.5 Å². The van der Waals surface area contributed by atoms with E-state index in [9.17, 15) is 27.9 Å². The number of carbonyl (C=O) groups is 2. The minimum atomic E-state index is -4.41. The molecule has 208 valence electrons. The highest BCUT2D eigenvalue weighted by Crippen LogP contribution is 2.32. The zero-order valence-corrected chi connectivity index (χ0v) is 21.6. The molecule has 3 rings (SSSR count). The molecular formula is C27H33F3N2O6. The third kappa shape index (κ3) is 7.37. The first-order chi connectivity index (χ1) is 18.0. The fourth-order valence-corrected chi connectivity index (χ4v) is 4.61. The smallest absolute Gasteiger partial charge is 0.416 e. The number of unbranched alkanes of at least 4 members (excludes halogenated alkanes) is 1. The number of nitrogens with one attached hydrogen (secondary N) is 1. The Morgan fingerprint density at radius 1 is 1.21 bits per heavy atom. The van der Waals surface area contributed by atoms with Gasteiger partial charge in [0.25, 0.3) is 5.91 Å². The quantitative estimate of drug-likeness (QED) is 0.475. The number of nitrogens with zero attached hydrogens (tertiary/aromatic N) is 1. The van der Waals surface area contributed by atoms with Crippen LogP contribution >= 0.6 is 0 Å². The number of halogens is 3. The van der Waals surface area contributed by atoms with Crippen molar-refractivity contribution in [1.82, 2.24) is 10.3 Å². The monoisotopic (exact) mass is 538 g/mol. The van der Waals surface area contributed by atoms with Gasteiger partial charge >= 0.3 is 12.1 Å². The molecule has 0 radical (unpaired) electrons. The van der Waals surface area contributed by atoms with Crippen LogP contribution in [0.5, 0.6) is 11.5 Å². The van der Waals surface area contributed by atoms with Crippen LogP contribution in [-0.2, 0) is 26.9 Å². The maximum Gasteiger partial charge on any atom is 0.416 e. The van der Waals surface area contributed by atoms with E-state index in [0.717, 1.165) is 37.0 Å². The number of pyridine rings is 1. The number of carbonyl (C=O) groups excluding carboxylic acids is 2. The van der Waals surface area contributed by atoms with Crippen molar-refractivity contribution in [2.24, 2.45) is 11.8 Å². The van der Waals surface area contributed by atoms with Crippen LogP contribution in [0.1, 0.15) is 54.7 Å². The second-order valence-corrected chi connectivity index (χ2v) is 9.38. The molecule has 2 heterocycles. The highest BCUT2D eigenvalue weighted by molar-refractivity contribution is 5.98. The van der Waals surface area contributed by atoms with Gasteiger partial charge < -0.3 is 24.6 Å². The van der Waals surface area contributed by atoms with Crippen LogP contribution in [0.3, 0.4) is 0 Å². The van der Waals surface area contributed by atoms with E-state index in [1.54, 1.807) is 6.92 Å². The largest absolute Gasteiger partial charge is 0.503 e. The minimum absolute atomic E-state index is 0.0527. The molecule has 1 aromatic carbocycles. The summed E-state index contributed by atoms with van der Waals surface area (Å²) in [4.78, 5) is 29.7. The van der Waals surface area contributed by atoms with E-state index in [1.165, 1.54) is 31.5 Å². The normalized spacial score (nSPS) is 22.5. The predicted molar refractivity (Wildman–Crippen MR) is 132 cm³/mol. The summed E-state index contributed by atoms with van der Waals surface area (Å²) in [5.74, 6) is -2.15. The fraction of sp³-hybridized carbons (Fsp3) is 0.519. The minimum Gasteiger partial charge on any atom is -0.503 e. The summed E-state index contributed by atoms with van der Waals surface area (Å²) in [5, 5.41) is 12.8. The number of methoxy groups -OCH3 is 1. The van der Waals surface area contributed by atoms with Crippen molar-refractivity contribution in [1.29, 1.82) is 0 Å². The summed E-state index contributed by atoms with van der Waals surface area (Å²) in [5.41, 5.74) is -0.312. The lowest BCUT2D eigenvalue weighted by molar-refractivity contribution is -0.154. The van der Waals surface area contributed by atoms with Crippen molar-refractivity contribution in [3.8, 4) is 11.5 Å². The molecule has 11 heteroatoms. The Balaban J connectivity index is 1.78. The molecule has 1 saturated heterocycles. The van der Waals surface area contributed by atoms with Crippen LogP contribution in [0.4, 0.5) is 13.2 Å². The number of alkyl halides is 3. The molecule has 38 heavy (non-hydrogen) atoms. The zero-order valence-electron chi connectivity index (χ0n) is 21.6. The van der Waals surface area contributed by atoms with Crippen LogP contribution in [0.25, 0.3) is 0 Å². The van der Waals surface area contributed by atoms with E-state index in [1.807, 2.05) is 6.92 Å². The van der Waals surface area contributed by atoms with Gasteiger partial charge in [0.2, 0.25) is 0 Å². The maximum atomic E-state index is 13.0. The van der Waals surface area contributed by atoms with Gasteiger partial charge in [-0.2, -0.15) is 13.2 Å². The van der Waals surface area contributed by atoms with Crippen molar-refractivity contribution in [3.05, 3.63) is 53.3 Å². The Morgan fingerprint density at radius 2 is 1.92 bits per heavy atom. The highest BCUT2D eigenvalue weighted by atomic mass is 19.4. The van der Waals surface area contributed by atoms with Crippen LogP contribution in [0, 0.1) is 11.8 Å². The molecule has 0 aliphatic carbocycles. The number of rotatable bonds is 8. The highest BCUT2D eigenvalue weighted by Gasteiger charge is 2.35. The fourth-order valence-electron chi connectivity index (χ4n) is 4.61. The van der Waals surface area contributed by atoms with Gasteiger partial charge in [-0.15, -0.1) is 0 Å². The average molecular weight is 539 g/mol. The van der Waals surface area contributed by atoms with Crippen LogP contribution in [-0.4, -0.2) is 54.4 Å². The summed E-state index contributed by atoms with van der Waals surface area (Å²) in [6.45, 7) is 3.84. The van der Waals surface area contributed by atoms with Crippen molar-refractivity contribution in [2.75, 3.05) is 20.3 Å². The van der Waals surface area contributed by atoms with Gasteiger partial charge in [-0.05, 0) is 43.4 Å². The second-order valence-electron chi connectivity index (χ2n) is 9.38. The molecule has 2 N–H and O–H groups in total. The molecule has 4 atom stereocenters. The lowest BCUT2D eigenvalue weighted by atomic mass is 9.80. The Bertz CT molecular complexity index is 1090. The number of aromatic nitrogens is 1. The van der Waals surface area contributed by atoms with E-state index in [0.29, 0.717) is 6.42 Å². The van der Waals surface area contributed by atoms with Gasteiger partial charge in [0, 0.05) is 18.2 Å². The van der Waals surface area contributed by atoms with Crippen molar-refractivity contribution in [2.45, 2.75) is 57.9 Å². The Labute approximate surface area is 219 Å². The molecule has 1 aliphatic rings. The first-order valence-corrected chi connectivity index (χ1v) is 12.5. The standard InChI is InChI=1S/C27H33F3N2O6/c1-4-5-6-20-16(2)38-26(35)21(32-25(34)23-24(33)22(36-3)11-12-31-23)15-37-14-18(20)13-17-7-9-19(10-8-17)27(28,29)30/h7-12,16,18,20-21,33H,4-6,13-15H2,1-3H3,(H,32,34)/t16-,18-,20?,21-/m0/s1. The average Bonchev–Trinajstić information content (AvgIpc) is 2.92. The van der Waals surface area contributed by atoms with Crippen LogP contribution in [0.2, 0.25) is 0 Å². The number of esters is 1. The maximum absolute atomic E-state index is 13.0. The first-order valence-electron chi connectivity index (χ1n) is 12.5. The predicted octanol–water partition coefficient (Wildman–Crippen LogP) is 4.54. The molecule has 0 spiro atoms. The molecule has 1 amide bonds. The SMILES string of the molecule is CCCCC1[C@@H](Cc2ccc(C(F)(F)F)cc2)COC[C@H](NC(=O)c2nccc(OC)c2O)C(=O)O[C@H]1C. The number of hydrogen-bond donors (Lipinski definition) is 2. The third-order valence-electron chi connectivity index (χ3n) is 6.71. The molecule has 2 aromatic rings. The number of cyclic esters (lactones) is 1. The van der Waals surface area contributed by atoms with E-state index in [2.05, 4.69) is 10.3 Å². The summed E-state index contributed by atoms with van der Waals surface area (Å²) < 4.78 is 55.6. The van der Waals surface area contributed by atoms with E-state index in [4.69, 9.17) is 14.2 Å². The molecule has 1 aromatic heterocycles. The molecule has 1 unspecified atom stereocenters. The molecule has 1 fully saturated rings.